The van der Waals surface area contributed by atoms with Gasteiger partial charge in [0.2, 0.25) is 11.8 Å². The first kappa shape index (κ1) is 25.1. The van der Waals surface area contributed by atoms with Crippen LogP contribution in [0.1, 0.15) is 12.0 Å². The molecular weight excluding hydrogens is 454 g/mol. The molecule has 0 aliphatic heterocycles. The van der Waals surface area contributed by atoms with Crippen LogP contribution in [0.5, 0.6) is 5.75 Å². The summed E-state index contributed by atoms with van der Waals surface area (Å²) in [5.74, 6) is -0.0823. The molecule has 3 aromatic carbocycles. The number of thioether (sulfide) groups is 1. The summed E-state index contributed by atoms with van der Waals surface area (Å²) < 4.78 is 5.13. The number of anilines is 1. The highest BCUT2D eigenvalue weighted by molar-refractivity contribution is 8.13. The number of hydrogen-bond acceptors (Lipinski definition) is 6. The SMILES string of the molecule is COc1ccc(C[C@H](N)C(=O)N[C@@H](CCSC(=O)O)C(=O)Nc2cccc3ccccc23)cc1. The van der Waals surface area contributed by atoms with Crippen molar-refractivity contribution in [3.8, 4) is 5.75 Å². The zero-order valence-corrected chi connectivity index (χ0v) is 19.5. The molecule has 2 atom stereocenters. The lowest BCUT2D eigenvalue weighted by Gasteiger charge is -2.21. The maximum absolute atomic E-state index is 13.1. The highest BCUT2D eigenvalue weighted by atomic mass is 32.2. The molecule has 0 spiro atoms. The number of nitrogens with one attached hydrogen (secondary N) is 2. The van der Waals surface area contributed by atoms with Crippen molar-refractivity contribution in [3.63, 3.8) is 0 Å². The smallest absolute Gasteiger partial charge is 0.364 e. The zero-order valence-electron chi connectivity index (χ0n) is 18.7. The number of hydrogen-bond donors (Lipinski definition) is 4. The maximum Gasteiger partial charge on any atom is 0.364 e. The largest absolute Gasteiger partial charge is 0.497 e. The Labute approximate surface area is 201 Å². The van der Waals surface area contributed by atoms with Gasteiger partial charge in [-0.1, -0.05) is 48.5 Å². The molecule has 9 heteroatoms. The Morgan fingerprint density at radius 3 is 2.41 bits per heavy atom. The summed E-state index contributed by atoms with van der Waals surface area (Å²) in [7, 11) is 1.57. The average Bonchev–Trinajstić information content (AvgIpc) is 2.83. The van der Waals surface area contributed by atoms with Gasteiger partial charge in [-0.15, -0.1) is 0 Å². The molecule has 3 rings (SSSR count). The number of carboxylic acid groups (broad SMARTS) is 1. The Balaban J connectivity index is 1.70. The second-order valence-corrected chi connectivity index (χ2v) is 8.69. The summed E-state index contributed by atoms with van der Waals surface area (Å²) in [5, 5.41) is 15.3. The van der Waals surface area contributed by atoms with Gasteiger partial charge in [-0.3, -0.25) is 9.59 Å². The number of carbonyl (C=O) groups excluding carboxylic acids is 2. The second kappa shape index (κ2) is 12.1. The topological polar surface area (TPSA) is 131 Å². The fraction of sp³-hybridized carbons (Fsp3) is 0.240. The lowest BCUT2D eigenvalue weighted by molar-refractivity contribution is -0.127. The summed E-state index contributed by atoms with van der Waals surface area (Å²) in [6.07, 6.45) is 0.409. The molecule has 0 unspecified atom stereocenters. The van der Waals surface area contributed by atoms with E-state index >= 15 is 0 Å². The van der Waals surface area contributed by atoms with Crippen LogP contribution in [-0.4, -0.2) is 47.2 Å². The minimum atomic E-state index is -1.05. The zero-order chi connectivity index (χ0) is 24.5. The van der Waals surface area contributed by atoms with E-state index in [1.54, 1.807) is 25.3 Å². The second-order valence-electron chi connectivity index (χ2n) is 7.64. The van der Waals surface area contributed by atoms with Gasteiger partial charge in [0, 0.05) is 16.8 Å². The van der Waals surface area contributed by atoms with Crippen LogP contribution in [0.3, 0.4) is 0 Å². The summed E-state index contributed by atoms with van der Waals surface area (Å²) >= 11 is 0.670. The third-order valence-corrected chi connectivity index (χ3v) is 5.95. The van der Waals surface area contributed by atoms with E-state index in [0.29, 0.717) is 23.2 Å². The molecule has 0 radical (unpaired) electrons. The number of ether oxygens (including phenoxy) is 1. The Bertz CT molecular complexity index is 1150. The molecule has 0 bridgehead atoms. The molecule has 0 fully saturated rings. The van der Waals surface area contributed by atoms with Crippen LogP contribution in [0.4, 0.5) is 10.5 Å². The highest BCUT2D eigenvalue weighted by Gasteiger charge is 2.24. The first-order valence-corrected chi connectivity index (χ1v) is 11.7. The van der Waals surface area contributed by atoms with Gasteiger partial charge in [0.25, 0.3) is 0 Å². The van der Waals surface area contributed by atoms with Crippen molar-refractivity contribution in [3.05, 3.63) is 72.3 Å². The van der Waals surface area contributed by atoms with Gasteiger partial charge in [0.15, 0.2) is 0 Å². The van der Waals surface area contributed by atoms with E-state index in [1.807, 2.05) is 48.5 Å². The molecule has 0 aliphatic carbocycles. The molecule has 5 N–H and O–H groups in total. The highest BCUT2D eigenvalue weighted by Crippen LogP contribution is 2.23. The number of fused-ring (bicyclic) bond motifs is 1. The minimum absolute atomic E-state index is 0.133. The first-order chi connectivity index (χ1) is 16.4. The molecule has 0 saturated heterocycles. The van der Waals surface area contributed by atoms with Gasteiger partial charge >= 0.3 is 5.30 Å². The Morgan fingerprint density at radius 1 is 1.00 bits per heavy atom. The lowest BCUT2D eigenvalue weighted by Crippen LogP contribution is -2.50. The van der Waals surface area contributed by atoms with Crippen LogP contribution < -0.4 is 21.1 Å². The number of nitrogens with two attached hydrogens (primary N) is 1. The lowest BCUT2D eigenvalue weighted by atomic mass is 10.0. The van der Waals surface area contributed by atoms with Crippen molar-refractivity contribution >= 4 is 45.3 Å². The van der Waals surface area contributed by atoms with Crippen molar-refractivity contribution in [2.75, 3.05) is 18.2 Å². The van der Waals surface area contributed by atoms with Crippen molar-refractivity contribution in [1.82, 2.24) is 5.32 Å². The fourth-order valence-corrected chi connectivity index (χ4v) is 4.00. The summed E-state index contributed by atoms with van der Waals surface area (Å²) in [6.45, 7) is 0. The standard InChI is InChI=1S/C25H27N3O5S/c1-33-18-11-9-16(10-12-18)15-20(26)23(29)28-22(13-14-34-25(31)32)24(30)27-21-8-4-6-17-5-2-3-7-19(17)21/h2-12,20,22H,13-15,26H2,1H3,(H,27,30)(H,28,29)(H,31,32)/t20-,22-/m0/s1. The summed E-state index contributed by atoms with van der Waals surface area (Å²) in [5.41, 5.74) is 7.55. The third kappa shape index (κ3) is 6.97. The van der Waals surface area contributed by atoms with Gasteiger partial charge < -0.3 is 26.2 Å². The van der Waals surface area contributed by atoms with E-state index in [9.17, 15) is 14.4 Å². The predicted molar refractivity (Wildman–Crippen MR) is 134 cm³/mol. The van der Waals surface area contributed by atoms with Crippen molar-refractivity contribution < 1.29 is 24.2 Å². The molecule has 3 aromatic rings. The Morgan fingerprint density at radius 2 is 1.71 bits per heavy atom. The molecule has 0 saturated carbocycles. The average molecular weight is 482 g/mol. The number of methoxy groups -OCH3 is 1. The van der Waals surface area contributed by atoms with Crippen molar-refractivity contribution in [2.45, 2.75) is 24.9 Å². The van der Waals surface area contributed by atoms with Gasteiger partial charge in [0.05, 0.1) is 13.2 Å². The van der Waals surface area contributed by atoms with Crippen LogP contribution in [0.15, 0.2) is 66.7 Å². The molecule has 0 aromatic heterocycles. The van der Waals surface area contributed by atoms with E-state index < -0.39 is 29.2 Å². The minimum Gasteiger partial charge on any atom is -0.497 e. The van der Waals surface area contributed by atoms with E-state index in [0.717, 1.165) is 16.3 Å². The van der Waals surface area contributed by atoms with Gasteiger partial charge in [0.1, 0.15) is 11.8 Å². The van der Waals surface area contributed by atoms with Crippen LogP contribution >= 0.6 is 11.8 Å². The third-order valence-electron chi connectivity index (χ3n) is 5.26. The molecule has 0 heterocycles. The van der Waals surface area contributed by atoms with Crippen molar-refractivity contribution in [1.29, 1.82) is 0 Å². The van der Waals surface area contributed by atoms with Gasteiger partial charge in [-0.2, -0.15) is 0 Å². The normalized spacial score (nSPS) is 12.5. The monoisotopic (exact) mass is 481 g/mol. The Hall–Kier alpha value is -3.56. The summed E-state index contributed by atoms with van der Waals surface area (Å²) in [6, 6.07) is 18.5. The van der Waals surface area contributed by atoms with E-state index in [2.05, 4.69) is 10.6 Å². The number of rotatable bonds is 10. The molecule has 8 nitrogen and oxygen atoms in total. The van der Waals surface area contributed by atoms with Crippen molar-refractivity contribution in [2.24, 2.45) is 5.73 Å². The molecular formula is C25H27N3O5S. The number of carbonyl (C=O) groups is 3. The molecule has 34 heavy (non-hydrogen) atoms. The van der Waals surface area contributed by atoms with E-state index in [-0.39, 0.29) is 18.6 Å². The molecule has 0 aliphatic rings. The van der Waals surface area contributed by atoms with Crippen LogP contribution in [0, 0.1) is 0 Å². The van der Waals surface area contributed by atoms with Gasteiger partial charge in [-0.25, -0.2) is 4.79 Å². The Kier molecular flexibility index (Phi) is 8.89. The van der Waals surface area contributed by atoms with E-state index in [1.165, 1.54) is 0 Å². The number of benzene rings is 3. The van der Waals surface area contributed by atoms with Gasteiger partial charge in [-0.05, 0) is 53.8 Å². The first-order valence-electron chi connectivity index (χ1n) is 10.7. The van der Waals surface area contributed by atoms with Crippen LogP contribution in [-0.2, 0) is 16.0 Å². The van der Waals surface area contributed by atoms with E-state index in [4.69, 9.17) is 15.6 Å². The summed E-state index contributed by atoms with van der Waals surface area (Å²) in [4.78, 5) is 36.8. The number of amides is 2. The molecule has 178 valence electrons. The predicted octanol–water partition coefficient (Wildman–Crippen LogP) is 3.64. The van der Waals surface area contributed by atoms with Crippen LogP contribution in [0.2, 0.25) is 0 Å². The van der Waals surface area contributed by atoms with Crippen LogP contribution in [0.25, 0.3) is 10.8 Å². The fourth-order valence-electron chi connectivity index (χ4n) is 3.47. The maximum atomic E-state index is 13.1. The quantitative estimate of drug-likeness (QED) is 0.348. The molecule has 2 amide bonds.